The molecule has 3 heterocycles. The lowest BCUT2D eigenvalue weighted by molar-refractivity contribution is 0.00916. The fraction of sp³-hybridized carbons (Fsp3) is 0.417. The van der Waals surface area contributed by atoms with Crippen LogP contribution in [0.15, 0.2) is 24.5 Å². The quantitative estimate of drug-likeness (QED) is 0.760. The largest absolute Gasteiger partial charge is 0.370 e. The van der Waals surface area contributed by atoms with Gasteiger partial charge in [-0.3, -0.25) is 0 Å². The van der Waals surface area contributed by atoms with E-state index in [1.165, 1.54) is 6.42 Å². The summed E-state index contributed by atoms with van der Waals surface area (Å²) in [7, 11) is 0. The molecule has 3 nitrogen and oxygen atoms in total. The van der Waals surface area contributed by atoms with Gasteiger partial charge < -0.3 is 9.14 Å². The zero-order valence-electron chi connectivity index (χ0n) is 8.90. The molecule has 1 fully saturated rings. The summed E-state index contributed by atoms with van der Waals surface area (Å²) in [4.78, 5) is 4.44. The van der Waals surface area contributed by atoms with Crippen LogP contribution >= 0.6 is 11.6 Å². The Labute approximate surface area is 99.0 Å². The first-order valence-electron chi connectivity index (χ1n) is 5.59. The van der Waals surface area contributed by atoms with Crippen LogP contribution in [0.1, 0.15) is 31.2 Å². The molecule has 4 heteroatoms. The van der Waals surface area contributed by atoms with E-state index in [1.54, 1.807) is 0 Å². The molecule has 0 amide bonds. The van der Waals surface area contributed by atoms with Crippen LogP contribution in [-0.2, 0) is 4.74 Å². The van der Waals surface area contributed by atoms with Crippen LogP contribution in [0.2, 0.25) is 5.02 Å². The summed E-state index contributed by atoms with van der Waals surface area (Å²) >= 11 is 5.94. The van der Waals surface area contributed by atoms with Gasteiger partial charge in [0, 0.05) is 17.8 Å². The number of fused-ring (bicyclic) bond motifs is 1. The zero-order chi connectivity index (χ0) is 11.0. The Bertz CT molecular complexity index is 503. The maximum atomic E-state index is 5.94. The molecular formula is C12H13ClN2O. The van der Waals surface area contributed by atoms with Gasteiger partial charge in [0.15, 0.2) is 0 Å². The van der Waals surface area contributed by atoms with Crippen molar-refractivity contribution >= 4 is 17.1 Å². The predicted molar refractivity (Wildman–Crippen MR) is 62.7 cm³/mol. The number of halogens is 1. The van der Waals surface area contributed by atoms with Crippen LogP contribution < -0.4 is 0 Å². The zero-order valence-corrected chi connectivity index (χ0v) is 9.65. The van der Waals surface area contributed by atoms with Crippen LogP contribution in [0.25, 0.3) is 5.52 Å². The number of nitrogens with zero attached hydrogens (tertiary/aromatic N) is 2. The van der Waals surface area contributed by atoms with Gasteiger partial charge in [0.1, 0.15) is 11.9 Å². The van der Waals surface area contributed by atoms with Crippen LogP contribution in [0, 0.1) is 0 Å². The highest BCUT2D eigenvalue weighted by Gasteiger charge is 2.20. The van der Waals surface area contributed by atoms with Crippen molar-refractivity contribution in [1.29, 1.82) is 0 Å². The highest BCUT2D eigenvalue weighted by Crippen LogP contribution is 2.27. The number of hydrogen-bond acceptors (Lipinski definition) is 2. The third-order valence-corrected chi connectivity index (χ3v) is 3.23. The maximum absolute atomic E-state index is 5.94. The van der Waals surface area contributed by atoms with Gasteiger partial charge >= 0.3 is 0 Å². The van der Waals surface area contributed by atoms with Crippen LogP contribution in [0.4, 0.5) is 0 Å². The monoisotopic (exact) mass is 236 g/mol. The van der Waals surface area contributed by atoms with E-state index in [0.717, 1.165) is 35.8 Å². The molecule has 84 valence electrons. The second-order valence-corrected chi connectivity index (χ2v) is 4.55. The summed E-state index contributed by atoms with van der Waals surface area (Å²) < 4.78 is 7.80. The first-order chi connectivity index (χ1) is 7.84. The van der Waals surface area contributed by atoms with Gasteiger partial charge in [-0.15, -0.1) is 0 Å². The Morgan fingerprint density at radius 3 is 3.19 bits per heavy atom. The summed E-state index contributed by atoms with van der Waals surface area (Å²) in [5.74, 6) is 0.992. The van der Waals surface area contributed by atoms with Crippen LogP contribution in [0.3, 0.4) is 0 Å². The lowest BCUT2D eigenvalue weighted by atomic mass is 10.1. The Kier molecular flexibility index (Phi) is 2.58. The van der Waals surface area contributed by atoms with Crippen LogP contribution in [0.5, 0.6) is 0 Å². The van der Waals surface area contributed by atoms with E-state index >= 15 is 0 Å². The second-order valence-electron chi connectivity index (χ2n) is 4.11. The molecule has 2 aromatic rings. The van der Waals surface area contributed by atoms with Crippen molar-refractivity contribution < 1.29 is 4.74 Å². The average molecular weight is 237 g/mol. The first-order valence-corrected chi connectivity index (χ1v) is 5.96. The summed E-state index contributed by atoms with van der Waals surface area (Å²) in [6.45, 7) is 0.840. The highest BCUT2D eigenvalue weighted by molar-refractivity contribution is 6.30. The number of aromatic nitrogens is 2. The minimum Gasteiger partial charge on any atom is -0.370 e. The van der Waals surface area contributed by atoms with E-state index in [9.17, 15) is 0 Å². The number of ether oxygens (including phenoxy) is 1. The lowest BCUT2D eigenvalue weighted by Crippen LogP contribution is -2.14. The molecule has 0 radical (unpaired) electrons. The summed E-state index contributed by atoms with van der Waals surface area (Å²) in [5, 5.41) is 0.739. The number of hydrogen-bond donors (Lipinski definition) is 0. The van der Waals surface area contributed by atoms with Crippen molar-refractivity contribution in [3.63, 3.8) is 0 Å². The molecule has 3 rings (SSSR count). The van der Waals surface area contributed by atoms with Crippen molar-refractivity contribution in [2.75, 3.05) is 6.61 Å². The molecule has 0 aliphatic carbocycles. The Morgan fingerprint density at radius 1 is 1.44 bits per heavy atom. The van der Waals surface area contributed by atoms with Gasteiger partial charge in [-0.25, -0.2) is 4.98 Å². The van der Waals surface area contributed by atoms with Crippen LogP contribution in [-0.4, -0.2) is 16.0 Å². The van der Waals surface area contributed by atoms with Gasteiger partial charge in [0.05, 0.1) is 11.7 Å². The topological polar surface area (TPSA) is 26.5 Å². The standard InChI is InChI=1S/C12H13ClN2O/c13-9-4-5-15-10(7-9)8-14-12(15)11-3-1-2-6-16-11/h4-5,7-8,11H,1-3,6H2. The second kappa shape index (κ2) is 4.07. The van der Waals surface area contributed by atoms with E-state index in [2.05, 4.69) is 9.38 Å². The summed E-state index contributed by atoms with van der Waals surface area (Å²) in [6, 6.07) is 3.80. The van der Waals surface area contributed by atoms with Crippen molar-refractivity contribution in [2.45, 2.75) is 25.4 Å². The number of imidazole rings is 1. The van der Waals surface area contributed by atoms with Gasteiger partial charge in [-0.05, 0) is 31.4 Å². The van der Waals surface area contributed by atoms with Crippen molar-refractivity contribution in [3.8, 4) is 0 Å². The molecule has 1 aliphatic rings. The Balaban J connectivity index is 2.03. The molecule has 0 saturated carbocycles. The van der Waals surface area contributed by atoms with Gasteiger partial charge in [0.25, 0.3) is 0 Å². The van der Waals surface area contributed by atoms with Crippen molar-refractivity contribution in [2.24, 2.45) is 0 Å². The van der Waals surface area contributed by atoms with Crippen molar-refractivity contribution in [3.05, 3.63) is 35.4 Å². The summed E-state index contributed by atoms with van der Waals surface area (Å²) in [6.07, 6.45) is 7.37. The SMILES string of the molecule is Clc1ccn2c(C3CCCCO3)ncc2c1. The summed E-state index contributed by atoms with van der Waals surface area (Å²) in [5.41, 5.74) is 1.02. The average Bonchev–Trinajstić information content (AvgIpc) is 2.73. The van der Waals surface area contributed by atoms with E-state index in [0.29, 0.717) is 0 Å². The molecule has 0 bridgehead atoms. The lowest BCUT2D eigenvalue weighted by Gasteiger charge is -2.21. The fourth-order valence-electron chi connectivity index (χ4n) is 2.18. The van der Waals surface area contributed by atoms with Crippen molar-refractivity contribution in [1.82, 2.24) is 9.38 Å². The molecule has 0 spiro atoms. The predicted octanol–water partition coefficient (Wildman–Crippen LogP) is 3.23. The molecular weight excluding hydrogens is 224 g/mol. The molecule has 1 unspecified atom stereocenters. The van der Waals surface area contributed by atoms with Gasteiger partial charge in [0.2, 0.25) is 0 Å². The molecule has 1 atom stereocenters. The van der Waals surface area contributed by atoms with E-state index in [-0.39, 0.29) is 6.10 Å². The third-order valence-electron chi connectivity index (χ3n) is 2.99. The smallest absolute Gasteiger partial charge is 0.142 e. The first kappa shape index (κ1) is 10.1. The normalized spacial score (nSPS) is 21.4. The Hall–Kier alpha value is -1.06. The van der Waals surface area contributed by atoms with Gasteiger partial charge in [-0.1, -0.05) is 11.6 Å². The molecule has 1 saturated heterocycles. The molecule has 16 heavy (non-hydrogen) atoms. The molecule has 0 N–H and O–H groups in total. The third kappa shape index (κ3) is 1.70. The fourth-order valence-corrected chi connectivity index (χ4v) is 2.34. The highest BCUT2D eigenvalue weighted by atomic mass is 35.5. The van der Waals surface area contributed by atoms with E-state index < -0.39 is 0 Å². The minimum atomic E-state index is 0.137. The van der Waals surface area contributed by atoms with E-state index in [1.807, 2.05) is 24.5 Å². The molecule has 2 aromatic heterocycles. The number of rotatable bonds is 1. The number of pyridine rings is 1. The van der Waals surface area contributed by atoms with Gasteiger partial charge in [-0.2, -0.15) is 0 Å². The maximum Gasteiger partial charge on any atom is 0.142 e. The van der Waals surface area contributed by atoms with E-state index in [4.69, 9.17) is 16.3 Å². The Morgan fingerprint density at radius 2 is 2.38 bits per heavy atom. The molecule has 1 aliphatic heterocycles. The minimum absolute atomic E-state index is 0.137. The molecule has 0 aromatic carbocycles.